The molecule has 18 heavy (non-hydrogen) atoms. The molecule has 0 aliphatic carbocycles. The highest BCUT2D eigenvalue weighted by Gasteiger charge is 2.04. The number of hydrogen-bond acceptors (Lipinski definition) is 4. The minimum atomic E-state index is 0.785. The molecule has 0 unspecified atom stereocenters. The predicted molar refractivity (Wildman–Crippen MR) is 77.8 cm³/mol. The Morgan fingerprint density at radius 2 is 1.94 bits per heavy atom. The maximum absolute atomic E-state index is 5.31. The third-order valence-corrected chi connectivity index (χ3v) is 2.96. The van der Waals surface area contributed by atoms with Gasteiger partial charge in [-0.1, -0.05) is 15.9 Å². The van der Waals surface area contributed by atoms with Crippen molar-refractivity contribution in [1.29, 1.82) is 0 Å². The third kappa shape index (κ3) is 2.92. The Kier molecular flexibility index (Phi) is 4.04. The number of hydrogen-bond donors (Lipinski definition) is 2. The molecule has 2 rings (SSSR count). The molecule has 0 fully saturated rings. The maximum Gasteiger partial charge on any atom is 0.142 e. The Balaban J connectivity index is 2.29. The SMILES string of the molecule is CNc1cncc(Nc2cc(Br)ccc2OC)c1. The molecule has 0 atom stereocenters. The van der Waals surface area contributed by atoms with E-state index in [1.807, 2.05) is 31.3 Å². The van der Waals surface area contributed by atoms with Gasteiger partial charge in [-0.05, 0) is 24.3 Å². The zero-order valence-electron chi connectivity index (χ0n) is 10.2. The van der Waals surface area contributed by atoms with Crippen molar-refractivity contribution in [1.82, 2.24) is 4.98 Å². The number of pyridine rings is 1. The average molecular weight is 308 g/mol. The number of benzene rings is 1. The summed E-state index contributed by atoms with van der Waals surface area (Å²) in [6.07, 6.45) is 3.53. The van der Waals surface area contributed by atoms with Gasteiger partial charge >= 0.3 is 0 Å². The van der Waals surface area contributed by atoms with E-state index in [0.29, 0.717) is 0 Å². The number of halogens is 1. The molecule has 1 aromatic heterocycles. The summed E-state index contributed by atoms with van der Waals surface area (Å²) in [7, 11) is 3.51. The number of nitrogens with zero attached hydrogens (tertiary/aromatic N) is 1. The van der Waals surface area contributed by atoms with Crippen molar-refractivity contribution in [2.75, 3.05) is 24.8 Å². The minimum absolute atomic E-state index is 0.785. The number of ether oxygens (including phenoxy) is 1. The molecule has 0 bridgehead atoms. The lowest BCUT2D eigenvalue weighted by molar-refractivity contribution is 0.417. The van der Waals surface area contributed by atoms with Gasteiger partial charge in [0.25, 0.3) is 0 Å². The summed E-state index contributed by atoms with van der Waals surface area (Å²) in [5.41, 5.74) is 2.74. The topological polar surface area (TPSA) is 46.2 Å². The van der Waals surface area contributed by atoms with Crippen molar-refractivity contribution in [3.63, 3.8) is 0 Å². The molecule has 0 aliphatic rings. The largest absolute Gasteiger partial charge is 0.495 e. The summed E-state index contributed by atoms with van der Waals surface area (Å²) in [6, 6.07) is 7.78. The predicted octanol–water partition coefficient (Wildman–Crippen LogP) is 3.64. The molecule has 0 spiro atoms. The minimum Gasteiger partial charge on any atom is -0.495 e. The van der Waals surface area contributed by atoms with Gasteiger partial charge in [-0.2, -0.15) is 0 Å². The fourth-order valence-electron chi connectivity index (χ4n) is 1.58. The summed E-state index contributed by atoms with van der Waals surface area (Å²) >= 11 is 3.44. The van der Waals surface area contributed by atoms with E-state index in [0.717, 1.165) is 27.3 Å². The van der Waals surface area contributed by atoms with Crippen molar-refractivity contribution in [3.8, 4) is 5.75 Å². The van der Waals surface area contributed by atoms with Gasteiger partial charge in [-0.3, -0.25) is 4.98 Å². The summed E-state index contributed by atoms with van der Waals surface area (Å²) in [6.45, 7) is 0. The van der Waals surface area contributed by atoms with Gasteiger partial charge in [0.1, 0.15) is 5.75 Å². The van der Waals surface area contributed by atoms with Crippen molar-refractivity contribution in [2.45, 2.75) is 0 Å². The molecule has 0 radical (unpaired) electrons. The third-order valence-electron chi connectivity index (χ3n) is 2.47. The fourth-order valence-corrected chi connectivity index (χ4v) is 1.94. The quantitative estimate of drug-likeness (QED) is 0.905. The summed E-state index contributed by atoms with van der Waals surface area (Å²) in [4.78, 5) is 4.15. The lowest BCUT2D eigenvalue weighted by Gasteiger charge is -2.12. The molecule has 0 amide bonds. The Bertz CT molecular complexity index is 546. The Labute approximate surface area is 115 Å². The van der Waals surface area contributed by atoms with E-state index in [2.05, 4.69) is 31.5 Å². The molecule has 4 nitrogen and oxygen atoms in total. The molecular formula is C13H14BrN3O. The normalized spacial score (nSPS) is 9.94. The Morgan fingerprint density at radius 1 is 1.17 bits per heavy atom. The number of aromatic nitrogens is 1. The lowest BCUT2D eigenvalue weighted by atomic mass is 10.2. The molecular weight excluding hydrogens is 294 g/mol. The number of methoxy groups -OCH3 is 1. The first-order valence-corrected chi connectivity index (χ1v) is 6.25. The van der Waals surface area contributed by atoms with E-state index in [1.54, 1.807) is 19.5 Å². The zero-order valence-corrected chi connectivity index (χ0v) is 11.8. The van der Waals surface area contributed by atoms with Crippen LogP contribution in [0.3, 0.4) is 0 Å². The molecule has 0 aliphatic heterocycles. The number of rotatable bonds is 4. The van der Waals surface area contributed by atoms with Crippen LogP contribution in [-0.4, -0.2) is 19.1 Å². The van der Waals surface area contributed by atoms with Gasteiger partial charge in [-0.25, -0.2) is 0 Å². The molecule has 1 heterocycles. The molecule has 2 N–H and O–H groups in total. The van der Waals surface area contributed by atoms with Crippen LogP contribution in [-0.2, 0) is 0 Å². The van der Waals surface area contributed by atoms with E-state index in [9.17, 15) is 0 Å². The maximum atomic E-state index is 5.31. The van der Waals surface area contributed by atoms with Crippen LogP contribution in [0.1, 0.15) is 0 Å². The van der Waals surface area contributed by atoms with Crippen molar-refractivity contribution < 1.29 is 4.74 Å². The average Bonchev–Trinajstić information content (AvgIpc) is 2.39. The van der Waals surface area contributed by atoms with Gasteiger partial charge in [0.15, 0.2) is 0 Å². The standard InChI is InChI=1S/C13H14BrN3O/c1-15-10-6-11(8-16-7-10)17-12-5-9(14)3-4-13(12)18-2/h3-8,15,17H,1-2H3. The van der Waals surface area contributed by atoms with Crippen LogP contribution >= 0.6 is 15.9 Å². The highest BCUT2D eigenvalue weighted by atomic mass is 79.9. The van der Waals surface area contributed by atoms with Gasteiger partial charge in [0.05, 0.1) is 36.6 Å². The molecule has 2 aromatic rings. The van der Waals surface area contributed by atoms with Crippen LogP contribution in [0, 0.1) is 0 Å². The summed E-state index contributed by atoms with van der Waals surface area (Å²) in [5.74, 6) is 0.785. The summed E-state index contributed by atoms with van der Waals surface area (Å²) < 4.78 is 6.30. The number of anilines is 3. The van der Waals surface area contributed by atoms with Gasteiger partial charge in [-0.15, -0.1) is 0 Å². The van der Waals surface area contributed by atoms with Crippen molar-refractivity contribution in [3.05, 3.63) is 41.1 Å². The smallest absolute Gasteiger partial charge is 0.142 e. The Morgan fingerprint density at radius 3 is 2.67 bits per heavy atom. The van der Waals surface area contributed by atoms with Gasteiger partial charge in [0.2, 0.25) is 0 Å². The zero-order chi connectivity index (χ0) is 13.0. The van der Waals surface area contributed by atoms with E-state index in [4.69, 9.17) is 4.74 Å². The first kappa shape index (κ1) is 12.7. The fraction of sp³-hybridized carbons (Fsp3) is 0.154. The molecule has 5 heteroatoms. The second-order valence-electron chi connectivity index (χ2n) is 3.68. The van der Waals surface area contributed by atoms with E-state index in [-0.39, 0.29) is 0 Å². The second kappa shape index (κ2) is 5.73. The van der Waals surface area contributed by atoms with E-state index in [1.165, 1.54) is 0 Å². The van der Waals surface area contributed by atoms with Gasteiger partial charge < -0.3 is 15.4 Å². The van der Waals surface area contributed by atoms with Crippen LogP contribution in [0.4, 0.5) is 17.1 Å². The first-order chi connectivity index (χ1) is 8.72. The highest BCUT2D eigenvalue weighted by molar-refractivity contribution is 9.10. The van der Waals surface area contributed by atoms with E-state index < -0.39 is 0 Å². The molecule has 0 saturated heterocycles. The van der Waals surface area contributed by atoms with Crippen molar-refractivity contribution in [2.24, 2.45) is 0 Å². The van der Waals surface area contributed by atoms with E-state index >= 15 is 0 Å². The van der Waals surface area contributed by atoms with Crippen LogP contribution in [0.25, 0.3) is 0 Å². The second-order valence-corrected chi connectivity index (χ2v) is 4.60. The molecule has 94 valence electrons. The van der Waals surface area contributed by atoms with Crippen molar-refractivity contribution >= 4 is 33.0 Å². The highest BCUT2D eigenvalue weighted by Crippen LogP contribution is 2.30. The molecule has 0 saturated carbocycles. The molecule has 1 aromatic carbocycles. The van der Waals surface area contributed by atoms with Crippen LogP contribution < -0.4 is 15.4 Å². The Hall–Kier alpha value is -1.75. The lowest BCUT2D eigenvalue weighted by Crippen LogP contribution is -1.96. The number of nitrogens with one attached hydrogen (secondary N) is 2. The first-order valence-electron chi connectivity index (χ1n) is 5.46. The van der Waals surface area contributed by atoms with Crippen LogP contribution in [0.2, 0.25) is 0 Å². The summed E-state index contributed by atoms with van der Waals surface area (Å²) in [5, 5.41) is 6.33. The van der Waals surface area contributed by atoms with Crippen LogP contribution in [0.5, 0.6) is 5.75 Å². The monoisotopic (exact) mass is 307 g/mol. The van der Waals surface area contributed by atoms with Crippen LogP contribution in [0.15, 0.2) is 41.1 Å². The van der Waals surface area contributed by atoms with Gasteiger partial charge in [0, 0.05) is 11.5 Å².